The van der Waals surface area contributed by atoms with Gasteiger partial charge in [-0.2, -0.15) is 0 Å². The Balaban J connectivity index is 2.42. The van der Waals surface area contributed by atoms with E-state index in [2.05, 4.69) is 9.97 Å². The van der Waals surface area contributed by atoms with Crippen LogP contribution in [-0.4, -0.2) is 9.97 Å². The molecule has 0 fully saturated rings. The van der Waals surface area contributed by atoms with E-state index >= 15 is 0 Å². The first-order valence-electron chi connectivity index (χ1n) is 5.35. The fourth-order valence-corrected chi connectivity index (χ4v) is 2.49. The number of nitrogens with one attached hydrogen (secondary N) is 1. The highest BCUT2D eigenvalue weighted by molar-refractivity contribution is 7.99. The Kier molecular flexibility index (Phi) is 3.78. The molecular weight excluding hydrogens is 253 g/mol. The number of aromatic amines is 1. The monoisotopic (exact) mass is 265 g/mol. The summed E-state index contributed by atoms with van der Waals surface area (Å²) in [5.74, 6) is -0.374. The van der Waals surface area contributed by atoms with Crippen molar-refractivity contribution in [2.75, 3.05) is 0 Å². The molecule has 0 aliphatic carbocycles. The predicted molar refractivity (Wildman–Crippen MR) is 68.0 cm³/mol. The highest BCUT2D eigenvalue weighted by atomic mass is 32.2. The number of nitrogens with two attached hydrogens (primary N) is 1. The molecule has 1 heterocycles. The number of hydrogen-bond acceptors (Lipinski definition) is 4. The molecular formula is C12H12FN3OS. The number of aromatic nitrogens is 2. The zero-order valence-electron chi connectivity index (χ0n) is 9.68. The summed E-state index contributed by atoms with van der Waals surface area (Å²) in [6, 6.07) is 5.74. The van der Waals surface area contributed by atoms with Gasteiger partial charge in [-0.15, -0.1) is 0 Å². The quantitative estimate of drug-likeness (QED) is 0.833. The van der Waals surface area contributed by atoms with Crippen molar-refractivity contribution in [1.29, 1.82) is 0 Å². The Morgan fingerprint density at radius 2 is 2.22 bits per heavy atom. The van der Waals surface area contributed by atoms with Gasteiger partial charge < -0.3 is 10.7 Å². The first kappa shape index (κ1) is 12.8. The molecule has 2 aromatic rings. The molecule has 1 atom stereocenters. The van der Waals surface area contributed by atoms with Crippen molar-refractivity contribution in [3.63, 3.8) is 0 Å². The second kappa shape index (κ2) is 5.32. The van der Waals surface area contributed by atoms with Crippen LogP contribution in [0.25, 0.3) is 0 Å². The van der Waals surface area contributed by atoms with Gasteiger partial charge in [-0.05, 0) is 30.3 Å². The SMILES string of the molecule is C[C@H](N)c1cccc(F)c1Sc1nccc(=O)[nH]1. The van der Waals surface area contributed by atoms with Gasteiger partial charge in [-0.25, -0.2) is 9.37 Å². The van der Waals surface area contributed by atoms with Crippen molar-refractivity contribution >= 4 is 11.8 Å². The number of rotatable bonds is 3. The molecule has 94 valence electrons. The van der Waals surface area contributed by atoms with Crippen LogP contribution >= 0.6 is 11.8 Å². The molecule has 0 bridgehead atoms. The molecule has 6 heteroatoms. The van der Waals surface area contributed by atoms with E-state index < -0.39 is 0 Å². The summed E-state index contributed by atoms with van der Waals surface area (Å²) in [5, 5.41) is 0.342. The summed E-state index contributed by atoms with van der Waals surface area (Å²) in [5.41, 5.74) is 6.21. The van der Waals surface area contributed by atoms with Gasteiger partial charge in [-0.1, -0.05) is 12.1 Å². The second-order valence-corrected chi connectivity index (χ2v) is 4.79. The van der Waals surface area contributed by atoms with E-state index in [9.17, 15) is 9.18 Å². The third kappa shape index (κ3) is 2.77. The lowest BCUT2D eigenvalue weighted by molar-refractivity contribution is 0.591. The lowest BCUT2D eigenvalue weighted by Gasteiger charge is -2.12. The molecule has 0 spiro atoms. The lowest BCUT2D eigenvalue weighted by Crippen LogP contribution is -2.09. The molecule has 1 aromatic heterocycles. The van der Waals surface area contributed by atoms with Crippen molar-refractivity contribution in [3.8, 4) is 0 Å². The fraction of sp³-hybridized carbons (Fsp3) is 0.167. The van der Waals surface area contributed by atoms with Crippen molar-refractivity contribution in [2.45, 2.75) is 23.0 Å². The zero-order chi connectivity index (χ0) is 13.1. The Morgan fingerprint density at radius 1 is 1.44 bits per heavy atom. The van der Waals surface area contributed by atoms with Crippen LogP contribution in [-0.2, 0) is 0 Å². The highest BCUT2D eigenvalue weighted by Gasteiger charge is 2.13. The predicted octanol–water partition coefficient (Wildman–Crippen LogP) is 2.08. The van der Waals surface area contributed by atoms with Crippen LogP contribution in [0.2, 0.25) is 0 Å². The van der Waals surface area contributed by atoms with Crippen molar-refractivity contribution in [2.24, 2.45) is 5.73 Å². The minimum absolute atomic E-state index is 0.272. The van der Waals surface area contributed by atoms with E-state index in [0.29, 0.717) is 15.6 Å². The van der Waals surface area contributed by atoms with E-state index in [0.717, 1.165) is 11.8 Å². The largest absolute Gasteiger partial charge is 0.324 e. The normalized spacial score (nSPS) is 12.4. The van der Waals surface area contributed by atoms with Crippen LogP contribution in [0.3, 0.4) is 0 Å². The number of H-pyrrole nitrogens is 1. The smallest absolute Gasteiger partial charge is 0.251 e. The molecule has 3 N–H and O–H groups in total. The van der Waals surface area contributed by atoms with Gasteiger partial charge >= 0.3 is 0 Å². The molecule has 0 amide bonds. The molecule has 0 aliphatic heterocycles. The molecule has 0 saturated carbocycles. The van der Waals surface area contributed by atoms with Crippen LogP contribution in [0.1, 0.15) is 18.5 Å². The zero-order valence-corrected chi connectivity index (χ0v) is 10.5. The number of hydrogen-bond donors (Lipinski definition) is 2. The summed E-state index contributed by atoms with van der Waals surface area (Å²) in [6.07, 6.45) is 1.38. The van der Waals surface area contributed by atoms with Gasteiger partial charge in [0.1, 0.15) is 5.82 Å². The van der Waals surface area contributed by atoms with Crippen LogP contribution < -0.4 is 11.3 Å². The number of benzene rings is 1. The first-order chi connectivity index (χ1) is 8.58. The summed E-state index contributed by atoms with van der Waals surface area (Å²) < 4.78 is 13.8. The van der Waals surface area contributed by atoms with Crippen LogP contribution in [0, 0.1) is 5.82 Å². The van der Waals surface area contributed by atoms with Gasteiger partial charge in [0.25, 0.3) is 5.56 Å². The maximum Gasteiger partial charge on any atom is 0.251 e. The van der Waals surface area contributed by atoms with Crippen LogP contribution in [0.4, 0.5) is 4.39 Å². The summed E-state index contributed by atoms with van der Waals surface area (Å²) in [7, 11) is 0. The highest BCUT2D eigenvalue weighted by Crippen LogP contribution is 2.32. The Labute approximate surface area is 107 Å². The van der Waals surface area contributed by atoms with Gasteiger partial charge in [0.05, 0.1) is 4.90 Å². The maximum absolute atomic E-state index is 13.8. The van der Waals surface area contributed by atoms with Gasteiger partial charge in [0, 0.05) is 18.3 Å². The van der Waals surface area contributed by atoms with E-state index in [4.69, 9.17) is 5.73 Å². The minimum Gasteiger partial charge on any atom is -0.324 e. The topological polar surface area (TPSA) is 71.8 Å². The summed E-state index contributed by atoms with van der Waals surface area (Å²) in [4.78, 5) is 18.1. The second-order valence-electron chi connectivity index (χ2n) is 3.79. The average molecular weight is 265 g/mol. The Morgan fingerprint density at radius 3 is 2.89 bits per heavy atom. The summed E-state index contributed by atoms with van der Waals surface area (Å²) >= 11 is 1.06. The average Bonchev–Trinajstić information content (AvgIpc) is 2.31. The number of nitrogens with zero attached hydrogens (tertiary/aromatic N) is 1. The standard InChI is InChI=1S/C12H12FN3OS/c1-7(14)8-3-2-4-9(13)11(8)18-12-15-6-5-10(17)16-12/h2-7H,14H2,1H3,(H,15,16,17)/t7-/m0/s1. The fourth-order valence-electron chi connectivity index (χ4n) is 1.49. The van der Waals surface area contributed by atoms with Crippen molar-refractivity contribution < 1.29 is 4.39 Å². The van der Waals surface area contributed by atoms with Crippen molar-refractivity contribution in [1.82, 2.24) is 9.97 Å². The Hall–Kier alpha value is -1.66. The molecule has 0 saturated heterocycles. The Bertz CT molecular complexity index is 612. The molecule has 2 rings (SSSR count). The first-order valence-corrected chi connectivity index (χ1v) is 6.17. The van der Waals surface area contributed by atoms with Crippen molar-refractivity contribution in [3.05, 3.63) is 52.2 Å². The van der Waals surface area contributed by atoms with E-state index in [-0.39, 0.29) is 17.4 Å². The van der Waals surface area contributed by atoms with E-state index in [1.54, 1.807) is 19.1 Å². The van der Waals surface area contributed by atoms with Crippen LogP contribution in [0.5, 0.6) is 0 Å². The molecule has 1 aromatic carbocycles. The summed E-state index contributed by atoms with van der Waals surface area (Å²) in [6.45, 7) is 1.78. The third-order valence-electron chi connectivity index (χ3n) is 2.33. The molecule has 0 radical (unpaired) electrons. The molecule has 18 heavy (non-hydrogen) atoms. The van der Waals surface area contributed by atoms with Crippen LogP contribution in [0.15, 0.2) is 45.3 Å². The molecule has 4 nitrogen and oxygen atoms in total. The van der Waals surface area contributed by atoms with E-state index in [1.807, 2.05) is 0 Å². The van der Waals surface area contributed by atoms with Gasteiger partial charge in [-0.3, -0.25) is 4.79 Å². The molecule has 0 aliphatic rings. The number of halogens is 1. The van der Waals surface area contributed by atoms with Gasteiger partial charge in [0.2, 0.25) is 0 Å². The lowest BCUT2D eigenvalue weighted by atomic mass is 10.1. The van der Waals surface area contributed by atoms with E-state index in [1.165, 1.54) is 18.3 Å². The van der Waals surface area contributed by atoms with Gasteiger partial charge in [0.15, 0.2) is 5.16 Å². The minimum atomic E-state index is -0.374. The maximum atomic E-state index is 13.8. The third-order valence-corrected chi connectivity index (χ3v) is 3.37. The molecule has 0 unspecified atom stereocenters.